The van der Waals surface area contributed by atoms with Gasteiger partial charge in [0.1, 0.15) is 5.75 Å². The van der Waals surface area contributed by atoms with Crippen molar-refractivity contribution in [2.24, 2.45) is 0 Å². The fraction of sp³-hybridized carbons (Fsp3) is 0.211. The van der Waals surface area contributed by atoms with Crippen LogP contribution in [0.15, 0.2) is 46.8 Å². The molecule has 1 aromatic heterocycles. The average molecular weight is 386 g/mol. The number of nitrogens with one attached hydrogen (secondary N) is 1. The Bertz CT molecular complexity index is 925. The van der Waals surface area contributed by atoms with Crippen LogP contribution in [0.4, 0.5) is 10.8 Å². The number of thioether (sulfide) groups is 1. The molecule has 0 aliphatic heterocycles. The summed E-state index contributed by atoms with van der Waals surface area (Å²) in [6.45, 7) is 3.99. The molecule has 0 unspecified atom stereocenters. The van der Waals surface area contributed by atoms with Gasteiger partial charge in [0.2, 0.25) is 5.13 Å². The maximum atomic E-state index is 12.4. The monoisotopic (exact) mass is 385 g/mol. The van der Waals surface area contributed by atoms with Gasteiger partial charge in [-0.2, -0.15) is 0 Å². The number of ketones is 1. The van der Waals surface area contributed by atoms with Crippen molar-refractivity contribution in [3.63, 3.8) is 0 Å². The standard InChI is InChI=1S/C19H19N3O2S2/c1-12-7-8-16(13(2)9-12)17(23)11-25-19-22-21-18(26-19)20-14-5-4-6-15(10-14)24-3/h4-10H,11H2,1-3H3,(H,20,21). The Kier molecular flexibility index (Phi) is 5.90. The van der Waals surface area contributed by atoms with Gasteiger partial charge in [-0.25, -0.2) is 0 Å². The van der Waals surface area contributed by atoms with E-state index < -0.39 is 0 Å². The molecular weight excluding hydrogens is 366 g/mol. The second-order valence-electron chi connectivity index (χ2n) is 5.76. The minimum atomic E-state index is 0.102. The van der Waals surface area contributed by atoms with E-state index in [4.69, 9.17) is 4.74 Å². The highest BCUT2D eigenvalue weighted by Crippen LogP contribution is 2.29. The van der Waals surface area contributed by atoms with E-state index in [1.165, 1.54) is 23.1 Å². The number of methoxy groups -OCH3 is 1. The number of ether oxygens (including phenoxy) is 1. The molecule has 0 aliphatic carbocycles. The van der Waals surface area contributed by atoms with Crippen LogP contribution in [-0.4, -0.2) is 28.8 Å². The van der Waals surface area contributed by atoms with E-state index in [1.807, 2.05) is 56.3 Å². The van der Waals surface area contributed by atoms with Crippen LogP contribution >= 0.6 is 23.1 Å². The lowest BCUT2D eigenvalue weighted by Crippen LogP contribution is -2.04. The van der Waals surface area contributed by atoms with Gasteiger partial charge in [-0.05, 0) is 31.5 Å². The number of benzene rings is 2. The van der Waals surface area contributed by atoms with Crippen molar-refractivity contribution in [1.29, 1.82) is 0 Å². The quantitative estimate of drug-likeness (QED) is 0.462. The van der Waals surface area contributed by atoms with Crippen LogP contribution in [0.3, 0.4) is 0 Å². The molecule has 1 N–H and O–H groups in total. The zero-order chi connectivity index (χ0) is 18.5. The summed E-state index contributed by atoms with van der Waals surface area (Å²) in [5.74, 6) is 1.22. The van der Waals surface area contributed by atoms with E-state index in [1.54, 1.807) is 7.11 Å². The number of rotatable bonds is 7. The van der Waals surface area contributed by atoms with Crippen LogP contribution in [0.25, 0.3) is 0 Å². The molecule has 0 spiro atoms. The van der Waals surface area contributed by atoms with Gasteiger partial charge >= 0.3 is 0 Å². The highest BCUT2D eigenvalue weighted by Gasteiger charge is 2.12. The van der Waals surface area contributed by atoms with E-state index in [9.17, 15) is 4.79 Å². The first-order chi connectivity index (χ1) is 12.5. The molecule has 0 saturated heterocycles. The molecule has 7 heteroatoms. The Hall–Kier alpha value is -2.38. The number of carbonyl (C=O) groups is 1. The molecule has 0 fully saturated rings. The maximum absolute atomic E-state index is 12.4. The highest BCUT2D eigenvalue weighted by atomic mass is 32.2. The largest absolute Gasteiger partial charge is 0.497 e. The van der Waals surface area contributed by atoms with Gasteiger partial charge < -0.3 is 10.1 Å². The topological polar surface area (TPSA) is 64.1 Å². The molecule has 134 valence electrons. The molecule has 0 radical (unpaired) electrons. The van der Waals surface area contributed by atoms with Crippen LogP contribution in [-0.2, 0) is 0 Å². The SMILES string of the molecule is COc1cccc(Nc2nnc(SCC(=O)c3ccc(C)cc3C)s2)c1. The van der Waals surface area contributed by atoms with E-state index >= 15 is 0 Å². The van der Waals surface area contributed by atoms with Gasteiger partial charge in [0, 0.05) is 17.3 Å². The molecule has 5 nitrogen and oxygen atoms in total. The predicted molar refractivity (Wildman–Crippen MR) is 107 cm³/mol. The first-order valence-corrected chi connectivity index (χ1v) is 9.83. The molecule has 0 aliphatic rings. The Morgan fingerprint density at radius 3 is 2.81 bits per heavy atom. The number of nitrogens with zero attached hydrogens (tertiary/aromatic N) is 2. The van der Waals surface area contributed by atoms with Crippen LogP contribution in [0.5, 0.6) is 5.75 Å². The fourth-order valence-corrected chi connectivity index (χ4v) is 4.13. The van der Waals surface area contributed by atoms with Gasteiger partial charge in [-0.1, -0.05) is 52.9 Å². The fourth-order valence-electron chi connectivity index (χ4n) is 2.47. The first-order valence-electron chi connectivity index (χ1n) is 8.03. The summed E-state index contributed by atoms with van der Waals surface area (Å²) < 4.78 is 5.97. The highest BCUT2D eigenvalue weighted by molar-refractivity contribution is 8.01. The second-order valence-corrected chi connectivity index (χ2v) is 7.96. The summed E-state index contributed by atoms with van der Waals surface area (Å²) in [4.78, 5) is 12.4. The molecule has 3 rings (SSSR count). The lowest BCUT2D eigenvalue weighted by Gasteiger charge is -2.05. The van der Waals surface area contributed by atoms with Crippen LogP contribution in [0.2, 0.25) is 0 Å². The van der Waals surface area contributed by atoms with Crippen LogP contribution < -0.4 is 10.1 Å². The number of hydrogen-bond donors (Lipinski definition) is 1. The van der Waals surface area contributed by atoms with Crippen LogP contribution in [0.1, 0.15) is 21.5 Å². The normalized spacial score (nSPS) is 10.6. The third-order valence-electron chi connectivity index (χ3n) is 3.74. The zero-order valence-corrected chi connectivity index (χ0v) is 16.4. The molecule has 0 atom stereocenters. The lowest BCUT2D eigenvalue weighted by molar-refractivity contribution is 0.102. The van der Waals surface area contributed by atoms with Gasteiger partial charge in [0.05, 0.1) is 12.9 Å². The second kappa shape index (κ2) is 8.33. The minimum absolute atomic E-state index is 0.102. The van der Waals surface area contributed by atoms with Gasteiger partial charge in [0.25, 0.3) is 0 Å². The summed E-state index contributed by atoms with van der Waals surface area (Å²) in [7, 11) is 1.63. The Labute approximate surface area is 160 Å². The number of aryl methyl sites for hydroxylation is 2. The Morgan fingerprint density at radius 1 is 1.19 bits per heavy atom. The predicted octanol–water partition coefficient (Wildman–Crippen LogP) is 4.88. The maximum Gasteiger partial charge on any atom is 0.210 e. The molecule has 2 aromatic carbocycles. The number of carbonyl (C=O) groups excluding carboxylic acids is 1. The molecule has 26 heavy (non-hydrogen) atoms. The van der Waals surface area contributed by atoms with Crippen molar-refractivity contribution in [2.45, 2.75) is 18.2 Å². The van der Waals surface area contributed by atoms with E-state index in [-0.39, 0.29) is 5.78 Å². The van der Waals surface area contributed by atoms with Crippen LogP contribution in [0, 0.1) is 13.8 Å². The van der Waals surface area contributed by atoms with Crippen molar-refractivity contribution in [3.8, 4) is 5.75 Å². The van der Waals surface area contributed by atoms with Crippen molar-refractivity contribution < 1.29 is 9.53 Å². The Morgan fingerprint density at radius 2 is 2.04 bits per heavy atom. The Balaban J connectivity index is 1.60. The molecule has 0 amide bonds. The van der Waals surface area contributed by atoms with Gasteiger partial charge in [0.15, 0.2) is 10.1 Å². The zero-order valence-electron chi connectivity index (χ0n) is 14.8. The summed E-state index contributed by atoms with van der Waals surface area (Å²) in [5, 5.41) is 12.2. The van der Waals surface area contributed by atoms with E-state index in [0.717, 1.165) is 32.5 Å². The number of anilines is 2. The van der Waals surface area contributed by atoms with Gasteiger partial charge in [-0.15, -0.1) is 10.2 Å². The summed E-state index contributed by atoms with van der Waals surface area (Å²) >= 11 is 2.83. The number of aromatic nitrogens is 2. The van der Waals surface area contributed by atoms with Crippen molar-refractivity contribution in [1.82, 2.24) is 10.2 Å². The first kappa shape index (κ1) is 18.4. The van der Waals surface area contributed by atoms with E-state index in [2.05, 4.69) is 15.5 Å². The molecular formula is C19H19N3O2S2. The van der Waals surface area contributed by atoms with Gasteiger partial charge in [-0.3, -0.25) is 4.79 Å². The average Bonchev–Trinajstić information content (AvgIpc) is 3.07. The van der Waals surface area contributed by atoms with Crippen molar-refractivity contribution in [2.75, 3.05) is 18.2 Å². The van der Waals surface area contributed by atoms with Crippen molar-refractivity contribution in [3.05, 3.63) is 59.2 Å². The number of Topliss-reactive ketones (excluding diaryl/α,β-unsaturated/α-hetero) is 1. The van der Waals surface area contributed by atoms with E-state index in [0.29, 0.717) is 10.9 Å². The number of hydrogen-bond acceptors (Lipinski definition) is 7. The lowest BCUT2D eigenvalue weighted by atomic mass is 10.0. The smallest absolute Gasteiger partial charge is 0.210 e. The summed E-state index contributed by atoms with van der Waals surface area (Å²) in [6.07, 6.45) is 0. The minimum Gasteiger partial charge on any atom is -0.497 e. The summed E-state index contributed by atoms with van der Waals surface area (Å²) in [5.41, 5.74) is 3.81. The molecule has 0 bridgehead atoms. The molecule has 1 heterocycles. The third-order valence-corrected chi connectivity index (χ3v) is 5.71. The third kappa shape index (κ3) is 4.62. The molecule has 0 saturated carbocycles. The molecule has 3 aromatic rings. The summed E-state index contributed by atoms with van der Waals surface area (Å²) in [6, 6.07) is 13.5. The van der Waals surface area contributed by atoms with Crippen molar-refractivity contribution >= 4 is 39.7 Å².